The third kappa shape index (κ3) is 9.40. The summed E-state index contributed by atoms with van der Waals surface area (Å²) in [4.78, 5) is 17.7. The minimum atomic E-state index is 0.467. The monoisotopic (exact) mass is 480 g/mol. The average Bonchev–Trinajstić information content (AvgIpc) is 3.31. The molecule has 0 amide bonds. The highest BCUT2D eigenvalue weighted by Gasteiger charge is 2.13. The Labute approximate surface area is 199 Å². The van der Waals surface area contributed by atoms with Crippen molar-refractivity contribution in [3.63, 3.8) is 0 Å². The van der Waals surface area contributed by atoms with Crippen LogP contribution in [0.5, 0.6) is 0 Å². The zero-order chi connectivity index (χ0) is 23.1. The van der Waals surface area contributed by atoms with Crippen LogP contribution < -0.4 is 4.90 Å². The first-order valence-corrected chi connectivity index (χ1v) is 11.8. The summed E-state index contributed by atoms with van der Waals surface area (Å²) < 4.78 is 4.54. The van der Waals surface area contributed by atoms with E-state index in [0.717, 1.165) is 29.3 Å². The van der Waals surface area contributed by atoms with E-state index in [1.165, 1.54) is 5.56 Å². The van der Waals surface area contributed by atoms with Crippen LogP contribution in [0.1, 0.15) is 32.8 Å². The van der Waals surface area contributed by atoms with E-state index in [4.69, 9.17) is 28.2 Å². The number of hydrogen-bond acceptors (Lipinski definition) is 5. The predicted molar refractivity (Wildman–Crippen MR) is 135 cm³/mol. The number of nitrogens with zero attached hydrogens (tertiary/aromatic N) is 2. The first-order chi connectivity index (χ1) is 15.1. The van der Waals surface area contributed by atoms with E-state index in [2.05, 4.69) is 21.8 Å². The molecule has 0 radical (unpaired) electrons. The van der Waals surface area contributed by atoms with E-state index in [1.54, 1.807) is 24.5 Å². The Morgan fingerprint density at radius 3 is 2.35 bits per heavy atom. The molecule has 2 aromatic carbocycles. The smallest absolute Gasteiger partial charge is 0.186 e. The molecule has 0 bridgehead atoms. The van der Waals surface area contributed by atoms with Gasteiger partial charge in [-0.15, -0.1) is 11.3 Å². The van der Waals surface area contributed by atoms with E-state index < -0.39 is 0 Å². The molecule has 0 atom stereocenters. The molecule has 31 heavy (non-hydrogen) atoms. The number of carbonyl (C=O) groups is 1. The van der Waals surface area contributed by atoms with E-state index in [9.17, 15) is 4.79 Å². The lowest BCUT2D eigenvalue weighted by Gasteiger charge is -2.21. The molecular formula is C24H30Cl2N2O2S. The Bertz CT molecular complexity index is 886. The van der Waals surface area contributed by atoms with Crippen LogP contribution in [0.15, 0.2) is 53.9 Å². The molecule has 4 nitrogen and oxygen atoms in total. The highest BCUT2D eigenvalue weighted by molar-refractivity contribution is 7.14. The fourth-order valence-electron chi connectivity index (χ4n) is 2.45. The number of hydrogen-bond donors (Lipinski definition) is 0. The molecule has 0 aliphatic carbocycles. The fraction of sp³-hybridized carbons (Fsp3) is 0.333. The van der Waals surface area contributed by atoms with Crippen LogP contribution in [0.25, 0.3) is 11.3 Å². The van der Waals surface area contributed by atoms with Gasteiger partial charge in [0.1, 0.15) is 6.29 Å². The average molecular weight is 481 g/mol. The van der Waals surface area contributed by atoms with Crippen molar-refractivity contribution in [1.82, 2.24) is 4.98 Å². The molecule has 0 aliphatic rings. The second-order valence-electron chi connectivity index (χ2n) is 6.08. The van der Waals surface area contributed by atoms with Crippen molar-refractivity contribution in [2.24, 2.45) is 0 Å². The van der Waals surface area contributed by atoms with E-state index >= 15 is 0 Å². The zero-order valence-electron chi connectivity index (χ0n) is 18.5. The molecule has 0 saturated carbocycles. The molecule has 3 rings (SSSR count). The fourth-order valence-corrected chi connectivity index (χ4v) is 3.61. The van der Waals surface area contributed by atoms with Gasteiger partial charge in [0, 0.05) is 44.2 Å². The van der Waals surface area contributed by atoms with Gasteiger partial charge in [0.2, 0.25) is 0 Å². The molecular weight excluding hydrogens is 451 g/mol. The largest absolute Gasteiger partial charge is 0.385 e. The van der Waals surface area contributed by atoms with Crippen LogP contribution in [0.4, 0.5) is 5.13 Å². The number of anilines is 1. The second kappa shape index (κ2) is 15.8. The summed E-state index contributed by atoms with van der Waals surface area (Å²) in [6, 6.07) is 15.6. The van der Waals surface area contributed by atoms with E-state index in [1.807, 2.05) is 56.5 Å². The maximum atomic E-state index is 10.8. The van der Waals surface area contributed by atoms with Gasteiger partial charge in [0.15, 0.2) is 5.13 Å². The topological polar surface area (TPSA) is 42.4 Å². The summed E-state index contributed by atoms with van der Waals surface area (Å²) in [5, 5.41) is 3.91. The Balaban J connectivity index is 0.000000720. The molecule has 0 aliphatic heterocycles. The first kappa shape index (κ1) is 27.1. The van der Waals surface area contributed by atoms with Crippen LogP contribution in [-0.4, -0.2) is 31.5 Å². The molecule has 0 spiro atoms. The van der Waals surface area contributed by atoms with Crippen LogP contribution in [0, 0.1) is 0 Å². The van der Waals surface area contributed by atoms with Crippen molar-refractivity contribution < 1.29 is 9.53 Å². The lowest BCUT2D eigenvalue weighted by atomic mass is 10.2. The number of rotatable bonds is 8. The van der Waals surface area contributed by atoms with Gasteiger partial charge in [-0.2, -0.15) is 0 Å². The minimum absolute atomic E-state index is 0.467. The molecule has 7 heteroatoms. The predicted octanol–water partition coefficient (Wildman–Crippen LogP) is 7.39. The van der Waals surface area contributed by atoms with Gasteiger partial charge in [-0.05, 0) is 24.6 Å². The molecule has 0 N–H and O–H groups in total. The Hall–Kier alpha value is -1.92. The number of benzene rings is 2. The lowest BCUT2D eigenvalue weighted by Crippen LogP contribution is -2.24. The van der Waals surface area contributed by atoms with Crippen molar-refractivity contribution in [2.75, 3.05) is 25.2 Å². The number of methoxy groups -OCH3 is 1. The van der Waals surface area contributed by atoms with E-state index in [-0.39, 0.29) is 0 Å². The SMILES string of the molecule is CC.CCOC.O=CCCN(Cc1ccccc1)c1nc(-c2ccc(Cl)c(Cl)c2)cs1. The van der Waals surface area contributed by atoms with Crippen molar-refractivity contribution in [2.45, 2.75) is 33.7 Å². The van der Waals surface area contributed by atoms with E-state index in [0.29, 0.717) is 29.6 Å². The summed E-state index contributed by atoms with van der Waals surface area (Å²) in [6.45, 7) is 8.12. The molecule has 0 fully saturated rings. The van der Waals surface area contributed by atoms with Crippen molar-refractivity contribution in [3.05, 3.63) is 69.5 Å². The lowest BCUT2D eigenvalue weighted by molar-refractivity contribution is -0.107. The molecule has 0 saturated heterocycles. The Kier molecular flexibility index (Phi) is 13.8. The number of aldehydes is 1. The first-order valence-electron chi connectivity index (χ1n) is 10.2. The molecule has 1 aromatic heterocycles. The molecule has 0 unspecified atom stereocenters. The van der Waals surface area contributed by atoms with Gasteiger partial charge < -0.3 is 14.4 Å². The van der Waals surface area contributed by atoms with Crippen molar-refractivity contribution >= 4 is 46.0 Å². The number of thiazole rings is 1. The summed E-state index contributed by atoms with van der Waals surface area (Å²) >= 11 is 13.6. The molecule has 1 heterocycles. The normalized spacial score (nSPS) is 9.74. The van der Waals surface area contributed by atoms with Gasteiger partial charge in [-0.1, -0.05) is 73.4 Å². The number of halogens is 2. The summed E-state index contributed by atoms with van der Waals surface area (Å²) in [6.07, 6.45) is 1.40. The summed E-state index contributed by atoms with van der Waals surface area (Å²) in [7, 11) is 1.68. The molecule has 168 valence electrons. The highest BCUT2D eigenvalue weighted by Crippen LogP contribution is 2.32. The van der Waals surface area contributed by atoms with Crippen molar-refractivity contribution in [3.8, 4) is 11.3 Å². The maximum Gasteiger partial charge on any atom is 0.186 e. The Morgan fingerprint density at radius 1 is 1.10 bits per heavy atom. The number of carbonyl (C=O) groups excluding carboxylic acids is 1. The van der Waals surface area contributed by atoms with Crippen LogP contribution in [0.2, 0.25) is 10.0 Å². The minimum Gasteiger partial charge on any atom is -0.385 e. The Morgan fingerprint density at radius 2 is 1.77 bits per heavy atom. The summed E-state index contributed by atoms with van der Waals surface area (Å²) in [5.41, 5.74) is 2.95. The zero-order valence-corrected chi connectivity index (χ0v) is 20.8. The maximum absolute atomic E-state index is 10.8. The number of aromatic nitrogens is 1. The second-order valence-corrected chi connectivity index (χ2v) is 7.74. The van der Waals surface area contributed by atoms with Crippen LogP contribution >= 0.6 is 34.5 Å². The van der Waals surface area contributed by atoms with Gasteiger partial charge in [0.25, 0.3) is 0 Å². The molecule has 3 aromatic rings. The third-order valence-electron chi connectivity index (χ3n) is 4.00. The summed E-state index contributed by atoms with van der Waals surface area (Å²) in [5.74, 6) is 0. The highest BCUT2D eigenvalue weighted by atomic mass is 35.5. The standard InChI is InChI=1S/C19H16Cl2N2OS.C3H8O.C2H6/c20-16-8-7-15(11-17(16)21)18-13-25-19(22-18)23(9-4-10-24)12-14-5-2-1-3-6-14;1-3-4-2;1-2/h1-3,5-8,10-11,13H,4,9,12H2;3H2,1-2H3;1-2H3. The third-order valence-corrected chi connectivity index (χ3v) is 5.64. The van der Waals surface area contributed by atoms with Gasteiger partial charge >= 0.3 is 0 Å². The quantitative estimate of drug-likeness (QED) is 0.315. The van der Waals surface area contributed by atoms with Crippen LogP contribution in [-0.2, 0) is 16.1 Å². The number of ether oxygens (including phenoxy) is 1. The van der Waals surface area contributed by atoms with Gasteiger partial charge in [-0.3, -0.25) is 0 Å². The van der Waals surface area contributed by atoms with Gasteiger partial charge in [-0.25, -0.2) is 4.98 Å². The van der Waals surface area contributed by atoms with Crippen molar-refractivity contribution in [1.29, 1.82) is 0 Å². The van der Waals surface area contributed by atoms with Crippen LogP contribution in [0.3, 0.4) is 0 Å². The van der Waals surface area contributed by atoms with Gasteiger partial charge in [0.05, 0.1) is 15.7 Å².